The summed E-state index contributed by atoms with van der Waals surface area (Å²) in [5.41, 5.74) is 0. The standard InChI is InChI=1S/C67H114O12/c1-4-7-10-13-16-19-22-25-27-29-30-32-33-36-38-41-44-47-50-53-59(68)75-56-58(77-60(69)54-51-48-45-42-40-37-34-31-28-26-23-20-17-14-11-8-5-2)57-76-67-65(63(72)62(71)64(79-67)66(73)74)78-61(70)55-52-49-46-43-39-35-24-21-18-15-12-9-6-3/h8,11-12,15,17,20-21,24,26,28,34,37,58,62-65,67,71-72H,4-7,9-10,13-14,16,18-19,22-23,25,27,29-33,35-36,38-57H2,1-3H3,(H,73,74)/b11-8-,15-12-,20-17-,24-21-,28-26-,37-34-. The first-order chi connectivity index (χ1) is 38.6. The maximum Gasteiger partial charge on any atom is 0.335 e. The van der Waals surface area contributed by atoms with Gasteiger partial charge in [0.15, 0.2) is 24.6 Å². The number of aliphatic carboxylic acids is 1. The molecule has 1 aliphatic rings. The van der Waals surface area contributed by atoms with Crippen molar-refractivity contribution < 1.29 is 58.2 Å². The highest BCUT2D eigenvalue weighted by Crippen LogP contribution is 2.27. The van der Waals surface area contributed by atoms with E-state index in [4.69, 9.17) is 23.7 Å². The van der Waals surface area contributed by atoms with E-state index in [1.54, 1.807) is 0 Å². The maximum absolute atomic E-state index is 13.2. The molecule has 0 saturated carbocycles. The van der Waals surface area contributed by atoms with Crippen molar-refractivity contribution in [3.8, 4) is 0 Å². The molecule has 3 N–H and O–H groups in total. The number of ether oxygens (including phenoxy) is 5. The Morgan fingerprint density at radius 2 is 0.823 bits per heavy atom. The predicted octanol–water partition coefficient (Wildman–Crippen LogP) is 16.9. The van der Waals surface area contributed by atoms with E-state index in [2.05, 4.69) is 93.7 Å². The Balaban J connectivity index is 2.67. The summed E-state index contributed by atoms with van der Waals surface area (Å²) >= 11 is 0. The van der Waals surface area contributed by atoms with Crippen molar-refractivity contribution in [2.24, 2.45) is 0 Å². The monoisotopic (exact) mass is 1110 g/mol. The van der Waals surface area contributed by atoms with Crippen LogP contribution in [-0.4, -0.2) is 89.2 Å². The minimum Gasteiger partial charge on any atom is -0.479 e. The van der Waals surface area contributed by atoms with Gasteiger partial charge in [0.05, 0.1) is 6.61 Å². The summed E-state index contributed by atoms with van der Waals surface area (Å²) in [6.07, 6.45) is 57.3. The van der Waals surface area contributed by atoms with Crippen LogP contribution >= 0.6 is 0 Å². The molecule has 6 unspecified atom stereocenters. The second-order valence-electron chi connectivity index (χ2n) is 21.7. The fourth-order valence-electron chi connectivity index (χ4n) is 9.40. The molecule has 0 spiro atoms. The lowest BCUT2D eigenvalue weighted by atomic mass is 9.98. The van der Waals surface area contributed by atoms with Crippen LogP contribution in [0.2, 0.25) is 0 Å². The summed E-state index contributed by atoms with van der Waals surface area (Å²) in [7, 11) is 0. The second kappa shape index (κ2) is 54.7. The minimum absolute atomic E-state index is 0.0402. The van der Waals surface area contributed by atoms with Gasteiger partial charge < -0.3 is 39.0 Å². The van der Waals surface area contributed by atoms with Gasteiger partial charge in [-0.1, -0.05) is 248 Å². The number of aliphatic hydroxyl groups is 2. The minimum atomic E-state index is -1.91. The number of carbonyl (C=O) groups is 4. The van der Waals surface area contributed by atoms with E-state index in [9.17, 15) is 34.5 Å². The average Bonchev–Trinajstić information content (AvgIpc) is 3.46. The zero-order chi connectivity index (χ0) is 57.5. The summed E-state index contributed by atoms with van der Waals surface area (Å²) in [6, 6.07) is 0. The molecule has 1 fully saturated rings. The molecular weight excluding hydrogens is 997 g/mol. The highest BCUT2D eigenvalue weighted by atomic mass is 16.7. The number of carbonyl (C=O) groups excluding carboxylic acids is 3. The van der Waals surface area contributed by atoms with E-state index in [1.807, 2.05) is 0 Å². The molecule has 1 rings (SSSR count). The van der Waals surface area contributed by atoms with Crippen LogP contribution in [0.4, 0.5) is 0 Å². The molecule has 0 radical (unpaired) electrons. The van der Waals surface area contributed by atoms with Gasteiger partial charge in [0.25, 0.3) is 0 Å². The Kier molecular flexibility index (Phi) is 50.7. The van der Waals surface area contributed by atoms with Crippen LogP contribution in [0.5, 0.6) is 0 Å². The third-order valence-electron chi connectivity index (χ3n) is 14.2. The first-order valence-corrected chi connectivity index (χ1v) is 31.9. The van der Waals surface area contributed by atoms with E-state index in [-0.39, 0.29) is 25.9 Å². The van der Waals surface area contributed by atoms with Crippen LogP contribution in [0.15, 0.2) is 72.9 Å². The molecule has 1 saturated heterocycles. The van der Waals surface area contributed by atoms with Crippen molar-refractivity contribution in [1.82, 2.24) is 0 Å². The van der Waals surface area contributed by atoms with Crippen molar-refractivity contribution in [3.05, 3.63) is 72.9 Å². The molecule has 12 nitrogen and oxygen atoms in total. The molecule has 0 aromatic carbocycles. The van der Waals surface area contributed by atoms with Crippen LogP contribution in [0.25, 0.3) is 0 Å². The zero-order valence-corrected chi connectivity index (χ0v) is 50.1. The van der Waals surface area contributed by atoms with Crippen molar-refractivity contribution in [1.29, 1.82) is 0 Å². The van der Waals surface area contributed by atoms with Gasteiger partial charge in [-0.3, -0.25) is 14.4 Å². The van der Waals surface area contributed by atoms with Crippen LogP contribution in [-0.2, 0) is 42.9 Å². The fraction of sp³-hybridized carbons (Fsp3) is 0.761. The number of unbranched alkanes of at least 4 members (excludes halogenated alkanes) is 28. The Morgan fingerprint density at radius 3 is 1.27 bits per heavy atom. The van der Waals surface area contributed by atoms with Crippen molar-refractivity contribution in [2.45, 2.75) is 314 Å². The summed E-state index contributed by atoms with van der Waals surface area (Å²) in [6.45, 7) is 5.82. The number of carboxylic acids is 1. The first-order valence-electron chi connectivity index (χ1n) is 31.9. The smallest absolute Gasteiger partial charge is 0.335 e. The van der Waals surface area contributed by atoms with Gasteiger partial charge in [-0.15, -0.1) is 0 Å². The maximum atomic E-state index is 13.2. The van der Waals surface area contributed by atoms with Gasteiger partial charge in [-0.05, 0) is 83.5 Å². The Morgan fingerprint density at radius 1 is 0.430 bits per heavy atom. The van der Waals surface area contributed by atoms with Gasteiger partial charge in [0, 0.05) is 19.3 Å². The predicted molar refractivity (Wildman–Crippen MR) is 322 cm³/mol. The van der Waals surface area contributed by atoms with Gasteiger partial charge >= 0.3 is 23.9 Å². The van der Waals surface area contributed by atoms with Gasteiger partial charge in [-0.2, -0.15) is 0 Å². The van der Waals surface area contributed by atoms with Crippen molar-refractivity contribution in [3.63, 3.8) is 0 Å². The third-order valence-corrected chi connectivity index (χ3v) is 14.2. The summed E-state index contributed by atoms with van der Waals surface area (Å²) in [5.74, 6) is -3.16. The quantitative estimate of drug-likeness (QED) is 0.0228. The number of hydrogen-bond acceptors (Lipinski definition) is 11. The molecule has 0 aromatic rings. The number of hydrogen-bond donors (Lipinski definition) is 3. The molecule has 0 aromatic heterocycles. The van der Waals surface area contributed by atoms with Gasteiger partial charge in [0.2, 0.25) is 0 Å². The molecule has 1 heterocycles. The molecule has 6 atom stereocenters. The molecule has 0 bridgehead atoms. The topological polar surface area (TPSA) is 175 Å². The van der Waals surface area contributed by atoms with E-state index >= 15 is 0 Å². The van der Waals surface area contributed by atoms with Crippen LogP contribution in [0, 0.1) is 0 Å². The third kappa shape index (κ3) is 44.5. The van der Waals surface area contributed by atoms with Crippen LogP contribution < -0.4 is 0 Å². The van der Waals surface area contributed by atoms with E-state index in [0.29, 0.717) is 19.3 Å². The average molecular weight is 1110 g/mol. The SMILES string of the molecule is CC/C=C\C/C=C\C/C=C\C/C=C\CCCCCCC(=O)OC(COC(=O)CCCCCCCCCCCCCCCCCCCCC)COC1OC(C(=O)O)C(O)C(O)C1OC(=O)CCCCCCC/C=C\C/C=C\CCC. The lowest BCUT2D eigenvalue weighted by molar-refractivity contribution is -0.301. The summed E-state index contributed by atoms with van der Waals surface area (Å²) in [5, 5.41) is 31.5. The molecule has 0 amide bonds. The van der Waals surface area contributed by atoms with Gasteiger partial charge in [0.1, 0.15) is 18.8 Å². The van der Waals surface area contributed by atoms with E-state index in [1.165, 1.54) is 96.3 Å². The fourth-order valence-corrected chi connectivity index (χ4v) is 9.40. The normalized spacial score (nSPS) is 18.3. The van der Waals surface area contributed by atoms with Crippen molar-refractivity contribution in [2.75, 3.05) is 13.2 Å². The molecule has 12 heteroatoms. The molecule has 454 valence electrons. The second-order valence-corrected chi connectivity index (χ2v) is 21.7. The largest absolute Gasteiger partial charge is 0.479 e. The highest BCUT2D eigenvalue weighted by Gasteiger charge is 2.50. The Bertz CT molecular complexity index is 1650. The number of allylic oxidation sites excluding steroid dienone is 12. The molecular formula is C67H114O12. The molecule has 1 aliphatic heterocycles. The number of rotatable bonds is 54. The molecule has 0 aliphatic carbocycles. The van der Waals surface area contributed by atoms with Crippen LogP contribution in [0.1, 0.15) is 278 Å². The summed E-state index contributed by atoms with van der Waals surface area (Å²) < 4.78 is 28.5. The van der Waals surface area contributed by atoms with Crippen molar-refractivity contribution >= 4 is 23.9 Å². The number of carboxylic acid groups (broad SMARTS) is 1. The Labute approximate surface area is 480 Å². The Hall–Kier alpha value is -3.84. The molecule has 79 heavy (non-hydrogen) atoms. The summed E-state index contributed by atoms with van der Waals surface area (Å²) in [4.78, 5) is 51.3. The van der Waals surface area contributed by atoms with E-state index in [0.717, 1.165) is 122 Å². The lowest BCUT2D eigenvalue weighted by Crippen LogP contribution is -2.61. The number of aliphatic hydroxyl groups excluding tert-OH is 2. The van der Waals surface area contributed by atoms with Gasteiger partial charge in [-0.25, -0.2) is 4.79 Å². The highest BCUT2D eigenvalue weighted by molar-refractivity contribution is 5.74. The zero-order valence-electron chi connectivity index (χ0n) is 50.1. The van der Waals surface area contributed by atoms with E-state index < -0.39 is 67.3 Å². The lowest BCUT2D eigenvalue weighted by Gasteiger charge is -2.40. The number of esters is 3. The first kappa shape index (κ1) is 73.2. The van der Waals surface area contributed by atoms with Crippen LogP contribution in [0.3, 0.4) is 0 Å².